The van der Waals surface area contributed by atoms with Crippen LogP contribution in [0.4, 0.5) is 0 Å². The van der Waals surface area contributed by atoms with E-state index in [0.717, 1.165) is 10.9 Å². The summed E-state index contributed by atoms with van der Waals surface area (Å²) in [7, 11) is 0. The molecule has 1 heterocycles. The molecule has 2 aromatic rings. The van der Waals surface area contributed by atoms with Gasteiger partial charge < -0.3 is 20.3 Å². The van der Waals surface area contributed by atoms with Gasteiger partial charge in [0.2, 0.25) is 0 Å². The number of rotatable bonds is 6. The second kappa shape index (κ2) is 5.57. The number of carboxylic acids is 2. The van der Waals surface area contributed by atoms with Crippen molar-refractivity contribution in [3.63, 3.8) is 0 Å². The summed E-state index contributed by atoms with van der Waals surface area (Å²) >= 11 is 0. The lowest BCUT2D eigenvalue weighted by atomic mass is 9.86. The molecule has 0 aliphatic carbocycles. The number of aliphatic hydroxyl groups is 1. The molecule has 21 heavy (non-hydrogen) atoms. The van der Waals surface area contributed by atoms with E-state index in [-0.39, 0.29) is 12.8 Å². The van der Waals surface area contributed by atoms with Crippen molar-refractivity contribution in [3.05, 3.63) is 36.0 Å². The highest BCUT2D eigenvalue weighted by Crippen LogP contribution is 2.27. The van der Waals surface area contributed by atoms with E-state index in [1.807, 2.05) is 24.3 Å². The quantitative estimate of drug-likeness (QED) is 0.646. The van der Waals surface area contributed by atoms with Gasteiger partial charge in [-0.3, -0.25) is 4.79 Å². The van der Waals surface area contributed by atoms with Gasteiger partial charge in [-0.05, 0) is 11.6 Å². The fraction of sp³-hybridized carbons (Fsp3) is 0.333. The SMILES string of the molecule is C[C@@H](C[C@](O)(Cc1c[nH]c2ccccc12)C(=O)O)C(=O)O. The van der Waals surface area contributed by atoms with Crippen molar-refractivity contribution in [2.75, 3.05) is 0 Å². The van der Waals surface area contributed by atoms with E-state index in [9.17, 15) is 19.8 Å². The molecule has 0 amide bonds. The van der Waals surface area contributed by atoms with Gasteiger partial charge in [0.05, 0.1) is 5.92 Å². The van der Waals surface area contributed by atoms with Crippen molar-refractivity contribution in [3.8, 4) is 0 Å². The Morgan fingerprint density at radius 1 is 1.29 bits per heavy atom. The molecule has 6 heteroatoms. The normalized spacial score (nSPS) is 15.5. The fourth-order valence-corrected chi connectivity index (χ4v) is 2.42. The Morgan fingerprint density at radius 2 is 1.95 bits per heavy atom. The molecule has 0 aliphatic rings. The smallest absolute Gasteiger partial charge is 0.336 e. The summed E-state index contributed by atoms with van der Waals surface area (Å²) in [6.45, 7) is 1.38. The number of fused-ring (bicyclic) bond motifs is 1. The standard InChI is InChI=1S/C15H17NO5/c1-9(13(17)18)6-15(21,14(19)20)7-10-8-16-12-5-3-2-4-11(10)12/h2-5,8-9,16,21H,6-7H2,1H3,(H,17,18)(H,19,20)/t9-,15-/m0/s1. The first kappa shape index (κ1) is 15.1. The summed E-state index contributed by atoms with van der Waals surface area (Å²) in [6, 6.07) is 7.33. The third-order valence-electron chi connectivity index (χ3n) is 3.62. The third kappa shape index (κ3) is 3.05. The predicted molar refractivity (Wildman–Crippen MR) is 76.0 cm³/mol. The second-order valence-electron chi connectivity index (χ2n) is 5.32. The van der Waals surface area contributed by atoms with Crippen LogP contribution in [-0.4, -0.2) is 37.8 Å². The molecule has 0 aliphatic heterocycles. The van der Waals surface area contributed by atoms with Gasteiger partial charge in [-0.1, -0.05) is 25.1 Å². The van der Waals surface area contributed by atoms with Crippen molar-refractivity contribution in [2.45, 2.75) is 25.4 Å². The maximum Gasteiger partial charge on any atom is 0.336 e. The number of aromatic nitrogens is 1. The van der Waals surface area contributed by atoms with Crippen LogP contribution >= 0.6 is 0 Å². The molecule has 0 spiro atoms. The maximum atomic E-state index is 11.4. The number of aromatic amines is 1. The molecular formula is C15H17NO5. The fourth-order valence-electron chi connectivity index (χ4n) is 2.42. The summed E-state index contributed by atoms with van der Waals surface area (Å²) in [5, 5.41) is 29.4. The van der Waals surface area contributed by atoms with E-state index in [4.69, 9.17) is 5.11 Å². The molecule has 2 atom stereocenters. The molecule has 1 aromatic carbocycles. The summed E-state index contributed by atoms with van der Waals surface area (Å²) in [6.07, 6.45) is 1.14. The minimum absolute atomic E-state index is 0.149. The Bertz CT molecular complexity index is 678. The lowest BCUT2D eigenvalue weighted by Crippen LogP contribution is -2.43. The van der Waals surface area contributed by atoms with Crippen LogP contribution in [0.1, 0.15) is 18.9 Å². The number of hydrogen-bond acceptors (Lipinski definition) is 3. The largest absolute Gasteiger partial charge is 0.481 e. The van der Waals surface area contributed by atoms with Crippen molar-refractivity contribution >= 4 is 22.8 Å². The minimum Gasteiger partial charge on any atom is -0.481 e. The molecule has 2 rings (SSSR count). The minimum atomic E-state index is -2.11. The molecule has 6 nitrogen and oxygen atoms in total. The average Bonchev–Trinajstić information content (AvgIpc) is 2.81. The lowest BCUT2D eigenvalue weighted by Gasteiger charge is -2.25. The number of carbonyl (C=O) groups is 2. The van der Waals surface area contributed by atoms with Crippen LogP contribution in [0.2, 0.25) is 0 Å². The zero-order chi connectivity index (χ0) is 15.6. The van der Waals surface area contributed by atoms with Gasteiger partial charge in [0.1, 0.15) is 0 Å². The van der Waals surface area contributed by atoms with E-state index in [1.54, 1.807) is 6.20 Å². The molecule has 4 N–H and O–H groups in total. The lowest BCUT2D eigenvalue weighted by molar-refractivity contribution is -0.162. The Labute approximate surface area is 121 Å². The molecular weight excluding hydrogens is 274 g/mol. The van der Waals surface area contributed by atoms with Crippen LogP contribution in [0.15, 0.2) is 30.5 Å². The molecule has 112 valence electrons. The molecule has 0 saturated heterocycles. The van der Waals surface area contributed by atoms with Gasteiger partial charge in [-0.15, -0.1) is 0 Å². The average molecular weight is 291 g/mol. The topological polar surface area (TPSA) is 111 Å². The number of carboxylic acid groups (broad SMARTS) is 2. The Balaban J connectivity index is 2.31. The second-order valence-corrected chi connectivity index (χ2v) is 5.32. The van der Waals surface area contributed by atoms with Crippen molar-refractivity contribution in [1.29, 1.82) is 0 Å². The van der Waals surface area contributed by atoms with Crippen LogP contribution in [0.25, 0.3) is 10.9 Å². The highest BCUT2D eigenvalue weighted by molar-refractivity contribution is 5.85. The number of para-hydroxylation sites is 1. The van der Waals surface area contributed by atoms with E-state index < -0.39 is 23.5 Å². The molecule has 0 bridgehead atoms. The first-order chi connectivity index (χ1) is 9.83. The van der Waals surface area contributed by atoms with Crippen LogP contribution in [0.3, 0.4) is 0 Å². The Kier molecular flexibility index (Phi) is 3.99. The van der Waals surface area contributed by atoms with Crippen molar-refractivity contribution in [1.82, 2.24) is 4.98 Å². The maximum absolute atomic E-state index is 11.4. The van der Waals surface area contributed by atoms with Crippen molar-refractivity contribution < 1.29 is 24.9 Å². The molecule has 0 unspecified atom stereocenters. The number of aliphatic carboxylic acids is 2. The number of hydrogen-bond donors (Lipinski definition) is 4. The number of nitrogens with one attached hydrogen (secondary N) is 1. The van der Waals surface area contributed by atoms with E-state index >= 15 is 0 Å². The summed E-state index contributed by atoms with van der Waals surface area (Å²) in [5.41, 5.74) is -0.623. The van der Waals surface area contributed by atoms with Crippen LogP contribution in [0, 0.1) is 5.92 Å². The number of H-pyrrole nitrogens is 1. The summed E-state index contributed by atoms with van der Waals surface area (Å²) in [5.74, 6) is -3.49. The zero-order valence-corrected chi connectivity index (χ0v) is 11.5. The first-order valence-electron chi connectivity index (χ1n) is 6.57. The third-order valence-corrected chi connectivity index (χ3v) is 3.62. The van der Waals surface area contributed by atoms with Gasteiger partial charge in [0.25, 0.3) is 0 Å². The van der Waals surface area contributed by atoms with Gasteiger partial charge in [-0.25, -0.2) is 4.79 Å². The van der Waals surface area contributed by atoms with Crippen LogP contribution < -0.4 is 0 Å². The van der Waals surface area contributed by atoms with Crippen LogP contribution in [-0.2, 0) is 16.0 Å². The molecule has 0 fully saturated rings. The van der Waals surface area contributed by atoms with Crippen molar-refractivity contribution in [2.24, 2.45) is 5.92 Å². The predicted octanol–water partition coefficient (Wildman–Crippen LogP) is 1.64. The highest BCUT2D eigenvalue weighted by atomic mass is 16.4. The van der Waals surface area contributed by atoms with Crippen LogP contribution in [0.5, 0.6) is 0 Å². The highest BCUT2D eigenvalue weighted by Gasteiger charge is 2.39. The van der Waals surface area contributed by atoms with Gasteiger partial charge in [0.15, 0.2) is 5.60 Å². The zero-order valence-electron chi connectivity index (χ0n) is 11.5. The molecule has 0 radical (unpaired) electrons. The van der Waals surface area contributed by atoms with E-state index in [0.29, 0.717) is 5.56 Å². The monoisotopic (exact) mass is 291 g/mol. The summed E-state index contributed by atoms with van der Waals surface area (Å²) in [4.78, 5) is 25.3. The van der Waals surface area contributed by atoms with Gasteiger partial charge in [-0.2, -0.15) is 0 Å². The van der Waals surface area contributed by atoms with Gasteiger partial charge in [0, 0.05) is 29.9 Å². The summed E-state index contributed by atoms with van der Waals surface area (Å²) < 4.78 is 0. The first-order valence-corrected chi connectivity index (χ1v) is 6.57. The Morgan fingerprint density at radius 3 is 2.57 bits per heavy atom. The molecule has 1 aromatic heterocycles. The Hall–Kier alpha value is -2.34. The van der Waals surface area contributed by atoms with Gasteiger partial charge >= 0.3 is 11.9 Å². The van der Waals surface area contributed by atoms with E-state index in [2.05, 4.69) is 4.98 Å². The number of benzene rings is 1. The molecule has 0 saturated carbocycles. The van der Waals surface area contributed by atoms with E-state index in [1.165, 1.54) is 6.92 Å².